The Kier molecular flexibility index (Phi) is 3.74. The van der Waals surface area contributed by atoms with Gasteiger partial charge in [0.05, 0.1) is 6.07 Å². The Morgan fingerprint density at radius 3 is 2.62 bits per heavy atom. The van der Waals surface area contributed by atoms with Gasteiger partial charge in [-0.25, -0.2) is 0 Å². The van der Waals surface area contributed by atoms with E-state index < -0.39 is 0 Å². The highest BCUT2D eigenvalue weighted by atomic mass is 14.9. The van der Waals surface area contributed by atoms with Gasteiger partial charge in [0.2, 0.25) is 0 Å². The van der Waals surface area contributed by atoms with Gasteiger partial charge in [-0.2, -0.15) is 5.26 Å². The van der Waals surface area contributed by atoms with Gasteiger partial charge in [-0.05, 0) is 24.7 Å². The number of nitriles is 1. The molecule has 0 aromatic rings. The van der Waals surface area contributed by atoms with Crippen LogP contribution in [0, 0.1) is 16.7 Å². The normalized spacial score (nSPS) is 17.9. The van der Waals surface area contributed by atoms with E-state index in [1.165, 1.54) is 19.3 Å². The summed E-state index contributed by atoms with van der Waals surface area (Å²) in [5, 5.41) is 12.1. The molecule has 1 rings (SSSR count). The molecule has 0 aromatic heterocycles. The van der Waals surface area contributed by atoms with Crippen LogP contribution >= 0.6 is 0 Å². The molecule has 0 heterocycles. The lowest BCUT2D eigenvalue weighted by Gasteiger charge is -2.32. The van der Waals surface area contributed by atoms with Gasteiger partial charge in [0.15, 0.2) is 0 Å². The smallest absolute Gasteiger partial charge is 0.0621 e. The summed E-state index contributed by atoms with van der Waals surface area (Å²) < 4.78 is 0. The molecule has 1 aliphatic rings. The van der Waals surface area contributed by atoms with Crippen molar-refractivity contribution in [1.82, 2.24) is 5.32 Å². The van der Waals surface area contributed by atoms with E-state index in [2.05, 4.69) is 25.2 Å². The fraction of sp³-hybridized carbons (Fsp3) is 0.909. The van der Waals surface area contributed by atoms with Gasteiger partial charge in [0.1, 0.15) is 0 Å². The lowest BCUT2D eigenvalue weighted by atomic mass is 9.86. The van der Waals surface area contributed by atoms with Crippen molar-refractivity contribution in [1.29, 1.82) is 5.26 Å². The molecule has 2 nitrogen and oxygen atoms in total. The zero-order valence-corrected chi connectivity index (χ0v) is 8.77. The molecule has 0 saturated heterocycles. The summed E-state index contributed by atoms with van der Waals surface area (Å²) >= 11 is 0. The second-order valence-corrected chi connectivity index (χ2v) is 4.83. The number of nitrogens with one attached hydrogen (secondary N) is 1. The van der Waals surface area contributed by atoms with Gasteiger partial charge < -0.3 is 5.32 Å². The van der Waals surface area contributed by atoms with E-state index in [4.69, 9.17) is 5.26 Å². The predicted molar refractivity (Wildman–Crippen MR) is 54.3 cm³/mol. The molecule has 74 valence electrons. The molecule has 1 aliphatic carbocycles. The van der Waals surface area contributed by atoms with Crippen LogP contribution in [0.25, 0.3) is 0 Å². The second kappa shape index (κ2) is 4.62. The Morgan fingerprint density at radius 2 is 2.15 bits per heavy atom. The van der Waals surface area contributed by atoms with Gasteiger partial charge >= 0.3 is 0 Å². The monoisotopic (exact) mass is 180 g/mol. The Balaban J connectivity index is 2.13. The lowest BCUT2D eigenvalue weighted by Crippen LogP contribution is -2.40. The molecule has 1 fully saturated rings. The van der Waals surface area contributed by atoms with Crippen LogP contribution in [0.1, 0.15) is 46.0 Å². The van der Waals surface area contributed by atoms with E-state index in [9.17, 15) is 0 Å². The van der Waals surface area contributed by atoms with Gasteiger partial charge in [-0.15, -0.1) is 0 Å². The summed E-state index contributed by atoms with van der Waals surface area (Å²) in [6.07, 6.45) is 5.75. The van der Waals surface area contributed by atoms with Crippen molar-refractivity contribution >= 4 is 0 Å². The van der Waals surface area contributed by atoms with E-state index >= 15 is 0 Å². The molecule has 0 atom stereocenters. The highest BCUT2D eigenvalue weighted by molar-refractivity contribution is 4.82. The molecule has 1 N–H and O–H groups in total. The first-order valence-corrected chi connectivity index (χ1v) is 5.24. The van der Waals surface area contributed by atoms with Crippen LogP contribution in [-0.4, -0.2) is 12.6 Å². The first-order chi connectivity index (χ1) is 6.14. The molecule has 0 amide bonds. The number of hydrogen-bond acceptors (Lipinski definition) is 2. The maximum Gasteiger partial charge on any atom is 0.0621 e. The zero-order valence-electron chi connectivity index (χ0n) is 8.77. The minimum Gasteiger partial charge on any atom is -0.313 e. The molecule has 0 spiro atoms. The van der Waals surface area contributed by atoms with Gasteiger partial charge in [0.25, 0.3) is 0 Å². The van der Waals surface area contributed by atoms with Crippen LogP contribution in [0.3, 0.4) is 0 Å². The van der Waals surface area contributed by atoms with E-state index in [-0.39, 0.29) is 5.41 Å². The summed E-state index contributed by atoms with van der Waals surface area (Å²) in [7, 11) is 0. The Bertz CT molecular complexity index is 187. The first kappa shape index (κ1) is 10.5. The Labute approximate surface area is 81.3 Å². The number of nitrogens with zero attached hydrogens (tertiary/aromatic N) is 1. The van der Waals surface area contributed by atoms with Crippen LogP contribution in [0.2, 0.25) is 0 Å². The minimum atomic E-state index is 0.283. The van der Waals surface area contributed by atoms with Crippen molar-refractivity contribution in [2.75, 3.05) is 6.54 Å². The molecule has 0 unspecified atom stereocenters. The Morgan fingerprint density at radius 1 is 1.46 bits per heavy atom. The quantitative estimate of drug-likeness (QED) is 0.705. The fourth-order valence-electron chi connectivity index (χ4n) is 1.52. The topological polar surface area (TPSA) is 35.8 Å². The molecule has 0 aromatic carbocycles. The molecule has 0 aliphatic heterocycles. The largest absolute Gasteiger partial charge is 0.313 e. The fourth-order valence-corrected chi connectivity index (χ4v) is 1.52. The third-order valence-corrected chi connectivity index (χ3v) is 2.89. The average Bonchev–Trinajstić information content (AvgIpc) is 1.98. The summed E-state index contributed by atoms with van der Waals surface area (Å²) in [4.78, 5) is 0. The molecule has 0 bridgehead atoms. The predicted octanol–water partition coefficient (Wildman–Crippen LogP) is 2.46. The minimum absolute atomic E-state index is 0.283. The standard InChI is InChI=1S/C11H20N2/c1-11(2,7-4-8-12)9-13-10-5-3-6-10/h10,13H,3-7,9H2,1-2H3. The highest BCUT2D eigenvalue weighted by Gasteiger charge is 2.22. The van der Waals surface area contributed by atoms with Crippen molar-refractivity contribution in [3.05, 3.63) is 0 Å². The van der Waals surface area contributed by atoms with Crippen molar-refractivity contribution in [3.63, 3.8) is 0 Å². The maximum atomic E-state index is 8.49. The van der Waals surface area contributed by atoms with Gasteiger partial charge in [0, 0.05) is 19.0 Å². The van der Waals surface area contributed by atoms with Crippen molar-refractivity contribution in [3.8, 4) is 6.07 Å². The molecular formula is C11H20N2. The third kappa shape index (κ3) is 3.78. The summed E-state index contributed by atoms with van der Waals surface area (Å²) in [6, 6.07) is 2.98. The first-order valence-electron chi connectivity index (χ1n) is 5.24. The lowest BCUT2D eigenvalue weighted by molar-refractivity contribution is 0.257. The van der Waals surface area contributed by atoms with E-state index in [0.717, 1.165) is 19.0 Å². The maximum absolute atomic E-state index is 8.49. The van der Waals surface area contributed by atoms with E-state index in [0.29, 0.717) is 6.42 Å². The average molecular weight is 180 g/mol. The zero-order chi connectivity index (χ0) is 9.73. The third-order valence-electron chi connectivity index (χ3n) is 2.89. The number of rotatable bonds is 5. The highest BCUT2D eigenvalue weighted by Crippen LogP contribution is 2.24. The second-order valence-electron chi connectivity index (χ2n) is 4.83. The summed E-state index contributed by atoms with van der Waals surface area (Å²) in [6.45, 7) is 5.52. The van der Waals surface area contributed by atoms with Crippen LogP contribution in [-0.2, 0) is 0 Å². The van der Waals surface area contributed by atoms with Gasteiger partial charge in [-0.3, -0.25) is 0 Å². The van der Waals surface area contributed by atoms with Crippen LogP contribution < -0.4 is 5.32 Å². The van der Waals surface area contributed by atoms with E-state index in [1.54, 1.807) is 0 Å². The molecule has 2 heteroatoms. The molecule has 0 radical (unpaired) electrons. The van der Waals surface area contributed by atoms with Crippen molar-refractivity contribution in [2.24, 2.45) is 5.41 Å². The number of hydrogen-bond donors (Lipinski definition) is 1. The molecule has 13 heavy (non-hydrogen) atoms. The van der Waals surface area contributed by atoms with Crippen molar-refractivity contribution in [2.45, 2.75) is 52.0 Å². The van der Waals surface area contributed by atoms with Crippen LogP contribution in [0.15, 0.2) is 0 Å². The molecular weight excluding hydrogens is 160 g/mol. The van der Waals surface area contributed by atoms with Crippen LogP contribution in [0.4, 0.5) is 0 Å². The molecule has 1 saturated carbocycles. The van der Waals surface area contributed by atoms with Crippen molar-refractivity contribution < 1.29 is 0 Å². The van der Waals surface area contributed by atoms with Gasteiger partial charge in [-0.1, -0.05) is 20.3 Å². The van der Waals surface area contributed by atoms with E-state index in [1.807, 2.05) is 0 Å². The SMILES string of the molecule is CC(C)(CCC#N)CNC1CCC1. The Hall–Kier alpha value is -0.550. The summed E-state index contributed by atoms with van der Waals surface area (Å²) in [5.74, 6) is 0. The van der Waals surface area contributed by atoms with Crippen LogP contribution in [0.5, 0.6) is 0 Å². The summed E-state index contributed by atoms with van der Waals surface area (Å²) in [5.41, 5.74) is 0.283.